The molecule has 0 unspecified atom stereocenters. The lowest BCUT2D eigenvalue weighted by Crippen LogP contribution is -2.17. The Morgan fingerprint density at radius 2 is 0.824 bits per heavy atom. The van der Waals surface area contributed by atoms with E-state index >= 15 is 0 Å². The molecule has 0 saturated heterocycles. The first-order chi connectivity index (χ1) is 25.0. The van der Waals surface area contributed by atoms with Crippen LogP contribution in [0, 0.1) is 3.57 Å². The van der Waals surface area contributed by atoms with E-state index in [1.165, 1.54) is 57.8 Å². The average molecular weight is 901 g/mol. The molecule has 0 spiro atoms. The third-order valence-electron chi connectivity index (χ3n) is 9.12. The Labute approximate surface area is 328 Å². The molecule has 0 atom stereocenters. The molecule has 8 aromatic carbocycles. The Hall–Kier alpha value is -4.63. The van der Waals surface area contributed by atoms with Crippen molar-refractivity contribution in [3.63, 3.8) is 0 Å². The molecular formula is C45H32Br2IN3. The van der Waals surface area contributed by atoms with Crippen LogP contribution in [0.5, 0.6) is 0 Å². The highest BCUT2D eigenvalue weighted by molar-refractivity contribution is 14.1. The fourth-order valence-electron chi connectivity index (χ4n) is 6.74. The lowest BCUT2D eigenvalue weighted by Gasteiger charge is -2.34. The van der Waals surface area contributed by atoms with Crippen LogP contribution in [0.2, 0.25) is 0 Å². The van der Waals surface area contributed by atoms with Gasteiger partial charge < -0.3 is 15.5 Å². The Morgan fingerprint density at radius 3 is 1.39 bits per heavy atom. The highest BCUT2D eigenvalue weighted by atomic mass is 127. The van der Waals surface area contributed by atoms with Gasteiger partial charge >= 0.3 is 0 Å². The maximum atomic E-state index is 3.75. The van der Waals surface area contributed by atoms with Crippen molar-refractivity contribution in [2.24, 2.45) is 0 Å². The van der Waals surface area contributed by atoms with E-state index in [-0.39, 0.29) is 0 Å². The summed E-state index contributed by atoms with van der Waals surface area (Å²) in [5, 5.41) is 12.0. The number of fused-ring (bicyclic) bond motifs is 6. The van der Waals surface area contributed by atoms with Gasteiger partial charge in [-0.2, -0.15) is 0 Å². The molecular weight excluding hydrogens is 869 g/mol. The van der Waals surface area contributed by atoms with Gasteiger partial charge in [0.2, 0.25) is 0 Å². The Balaban J connectivity index is 0.000000121. The van der Waals surface area contributed by atoms with Crippen molar-refractivity contribution in [1.29, 1.82) is 0 Å². The van der Waals surface area contributed by atoms with Gasteiger partial charge in [0.05, 0.1) is 28.4 Å². The number of nitrogens with zero attached hydrogens (tertiary/aromatic N) is 1. The van der Waals surface area contributed by atoms with Crippen LogP contribution in [0.4, 0.5) is 39.8 Å². The standard InChI is InChI=1S/C22H15BrN2.C13H11N.C10H6BrI/c23-16-9-5-7-15-8-6-14-21(22(15)16)25-19-12-3-1-10-17(19)24-18-11-2-4-13-20(18)25;1-3-7-12-10(5-1)9-11-6-2-4-8-13(11)14-12;11-8-5-1-3-7-4-2-6-9(12)10(7)8/h1-14,24H;1-8,14H,9H2;1-6H. The molecule has 8 aromatic rings. The van der Waals surface area contributed by atoms with Gasteiger partial charge in [-0.1, -0.05) is 141 Å². The Bertz CT molecular complexity index is 2360. The summed E-state index contributed by atoms with van der Waals surface area (Å²) in [6, 6.07) is 59.2. The van der Waals surface area contributed by atoms with Crippen LogP contribution in [0.1, 0.15) is 11.1 Å². The van der Waals surface area contributed by atoms with Crippen molar-refractivity contribution in [2.75, 3.05) is 15.5 Å². The molecule has 2 heterocycles. The van der Waals surface area contributed by atoms with Gasteiger partial charge in [-0.05, 0) is 105 Å². The fourth-order valence-corrected chi connectivity index (χ4v) is 9.10. The predicted molar refractivity (Wildman–Crippen MR) is 233 cm³/mol. The molecule has 248 valence electrons. The van der Waals surface area contributed by atoms with E-state index in [9.17, 15) is 0 Å². The predicted octanol–water partition coefficient (Wildman–Crippen LogP) is 14.7. The SMILES string of the molecule is Brc1cccc2cccc(I)c12.Brc1cccc2cccc(N3c4ccccc4Nc4ccccc43)c12.c1ccc2c(c1)Cc1ccccc1N2. The van der Waals surface area contributed by atoms with E-state index in [2.05, 4.69) is 240 Å². The third kappa shape index (κ3) is 6.88. The van der Waals surface area contributed by atoms with E-state index in [0.717, 1.165) is 33.6 Å². The minimum Gasteiger partial charge on any atom is -0.355 e. The van der Waals surface area contributed by atoms with Crippen LogP contribution < -0.4 is 15.5 Å². The molecule has 2 N–H and O–H groups in total. The summed E-state index contributed by atoms with van der Waals surface area (Å²) in [6.07, 6.45) is 1.04. The Kier molecular flexibility index (Phi) is 9.80. The summed E-state index contributed by atoms with van der Waals surface area (Å²) in [7, 11) is 0. The number of hydrogen-bond donors (Lipinski definition) is 2. The zero-order chi connectivity index (χ0) is 34.7. The van der Waals surface area contributed by atoms with Crippen molar-refractivity contribution in [3.05, 3.63) is 194 Å². The summed E-state index contributed by atoms with van der Waals surface area (Å²) in [4.78, 5) is 2.34. The first-order valence-corrected chi connectivity index (χ1v) is 19.4. The van der Waals surface area contributed by atoms with Gasteiger partial charge in [0.25, 0.3) is 0 Å². The maximum Gasteiger partial charge on any atom is 0.0697 e. The zero-order valence-corrected chi connectivity index (χ0v) is 32.8. The summed E-state index contributed by atoms with van der Waals surface area (Å²) in [5.74, 6) is 0. The normalized spacial score (nSPS) is 12.0. The second-order valence-electron chi connectivity index (χ2n) is 12.3. The molecule has 0 saturated carbocycles. The van der Waals surface area contributed by atoms with Crippen LogP contribution in [0.25, 0.3) is 21.5 Å². The number of nitrogens with one attached hydrogen (secondary N) is 2. The molecule has 0 aromatic heterocycles. The van der Waals surface area contributed by atoms with Gasteiger partial charge in [-0.25, -0.2) is 0 Å². The van der Waals surface area contributed by atoms with Crippen molar-refractivity contribution >= 4 is 116 Å². The zero-order valence-electron chi connectivity index (χ0n) is 27.5. The molecule has 0 fully saturated rings. The van der Waals surface area contributed by atoms with Crippen molar-refractivity contribution in [1.82, 2.24) is 0 Å². The largest absolute Gasteiger partial charge is 0.355 e. The van der Waals surface area contributed by atoms with E-state index in [0.29, 0.717) is 0 Å². The molecule has 2 aliphatic heterocycles. The average Bonchev–Trinajstić information content (AvgIpc) is 3.17. The van der Waals surface area contributed by atoms with Gasteiger partial charge in [0.15, 0.2) is 0 Å². The minimum atomic E-state index is 1.04. The molecule has 0 aliphatic carbocycles. The van der Waals surface area contributed by atoms with Crippen molar-refractivity contribution in [2.45, 2.75) is 6.42 Å². The Morgan fingerprint density at radius 1 is 0.412 bits per heavy atom. The number of benzene rings is 8. The summed E-state index contributed by atoms with van der Waals surface area (Å²) < 4.78 is 3.57. The number of rotatable bonds is 1. The third-order valence-corrected chi connectivity index (χ3v) is 11.3. The van der Waals surface area contributed by atoms with Crippen LogP contribution in [0.3, 0.4) is 0 Å². The second kappa shape index (κ2) is 14.9. The van der Waals surface area contributed by atoms with Crippen molar-refractivity contribution < 1.29 is 0 Å². The topological polar surface area (TPSA) is 27.3 Å². The number of para-hydroxylation sites is 6. The molecule has 2 aliphatic rings. The lowest BCUT2D eigenvalue weighted by molar-refractivity contribution is 1.16. The maximum absolute atomic E-state index is 3.75. The van der Waals surface area contributed by atoms with E-state index < -0.39 is 0 Å². The molecule has 51 heavy (non-hydrogen) atoms. The number of hydrogen-bond acceptors (Lipinski definition) is 3. The summed E-state index contributed by atoms with van der Waals surface area (Å²) in [6.45, 7) is 0. The van der Waals surface area contributed by atoms with E-state index in [1.807, 2.05) is 0 Å². The van der Waals surface area contributed by atoms with Crippen LogP contribution in [-0.2, 0) is 6.42 Å². The van der Waals surface area contributed by atoms with E-state index in [4.69, 9.17) is 0 Å². The monoisotopic (exact) mass is 899 g/mol. The fraction of sp³-hybridized carbons (Fsp3) is 0.0222. The lowest BCUT2D eigenvalue weighted by atomic mass is 9.98. The summed E-state index contributed by atoms with van der Waals surface area (Å²) in [5.41, 5.74) is 11.0. The van der Waals surface area contributed by atoms with Crippen LogP contribution >= 0.6 is 54.5 Å². The number of anilines is 7. The first-order valence-electron chi connectivity index (χ1n) is 16.7. The van der Waals surface area contributed by atoms with Gasteiger partial charge in [-0.15, -0.1) is 0 Å². The van der Waals surface area contributed by atoms with Crippen LogP contribution in [0.15, 0.2) is 179 Å². The molecule has 3 nitrogen and oxygen atoms in total. The molecule has 10 rings (SSSR count). The molecule has 0 radical (unpaired) electrons. The highest BCUT2D eigenvalue weighted by Gasteiger charge is 2.25. The minimum absolute atomic E-state index is 1.04. The number of halogens is 3. The highest BCUT2D eigenvalue weighted by Crippen LogP contribution is 2.50. The smallest absolute Gasteiger partial charge is 0.0697 e. The van der Waals surface area contributed by atoms with Gasteiger partial charge in [0.1, 0.15) is 0 Å². The molecule has 0 amide bonds. The molecule has 6 heteroatoms. The summed E-state index contributed by atoms with van der Waals surface area (Å²) >= 11 is 9.65. The van der Waals surface area contributed by atoms with Crippen LogP contribution in [-0.4, -0.2) is 0 Å². The van der Waals surface area contributed by atoms with Gasteiger partial charge in [-0.3, -0.25) is 0 Å². The quantitative estimate of drug-likeness (QED) is 0.161. The first kappa shape index (κ1) is 33.5. The van der Waals surface area contributed by atoms with Crippen molar-refractivity contribution in [3.8, 4) is 0 Å². The second-order valence-corrected chi connectivity index (χ2v) is 15.2. The van der Waals surface area contributed by atoms with E-state index in [1.54, 1.807) is 0 Å². The molecule has 0 bridgehead atoms. The van der Waals surface area contributed by atoms with Gasteiger partial charge in [0, 0.05) is 41.1 Å².